The highest BCUT2D eigenvalue weighted by molar-refractivity contribution is 9.10. The normalized spacial score (nSPS) is 10.7. The zero-order valence-corrected chi connectivity index (χ0v) is 18.1. The molecule has 3 aromatic rings. The van der Waals surface area contributed by atoms with Crippen LogP contribution in [0.3, 0.4) is 0 Å². The number of amides is 3. The highest BCUT2D eigenvalue weighted by atomic mass is 79.9. The maximum atomic E-state index is 12.5. The predicted molar refractivity (Wildman–Crippen MR) is 118 cm³/mol. The van der Waals surface area contributed by atoms with E-state index < -0.39 is 0 Å². The van der Waals surface area contributed by atoms with E-state index in [9.17, 15) is 9.59 Å². The van der Waals surface area contributed by atoms with Crippen LogP contribution in [0.25, 0.3) is 11.0 Å². The minimum Gasteiger partial charge on any atom is -0.339 e. The summed E-state index contributed by atoms with van der Waals surface area (Å²) in [5.41, 5.74) is 3.06. The van der Waals surface area contributed by atoms with Crippen LogP contribution >= 0.6 is 15.9 Å². The van der Waals surface area contributed by atoms with E-state index in [1.165, 1.54) is 0 Å². The second-order valence-corrected chi connectivity index (χ2v) is 7.42. The highest BCUT2D eigenvalue weighted by Gasteiger charge is 2.14. The van der Waals surface area contributed by atoms with Gasteiger partial charge in [-0.3, -0.25) is 4.79 Å². The molecule has 0 fully saturated rings. The number of rotatable bonds is 7. The molecule has 29 heavy (non-hydrogen) atoms. The maximum absolute atomic E-state index is 12.5. The monoisotopic (exact) mass is 457 g/mol. The molecule has 2 aromatic carbocycles. The van der Waals surface area contributed by atoms with Gasteiger partial charge in [0, 0.05) is 41.9 Å². The summed E-state index contributed by atoms with van der Waals surface area (Å²) in [6.45, 7) is 6.32. The van der Waals surface area contributed by atoms with Crippen LogP contribution in [0.2, 0.25) is 0 Å². The Labute approximate surface area is 178 Å². The second-order valence-electron chi connectivity index (χ2n) is 6.51. The Morgan fingerprint density at radius 2 is 1.83 bits per heavy atom. The van der Waals surface area contributed by atoms with Gasteiger partial charge in [-0.15, -0.1) is 0 Å². The summed E-state index contributed by atoms with van der Waals surface area (Å²) >= 11 is 3.36. The molecule has 2 N–H and O–H groups in total. The highest BCUT2D eigenvalue weighted by Crippen LogP contribution is 2.17. The molecular weight excluding hydrogens is 434 g/mol. The summed E-state index contributed by atoms with van der Waals surface area (Å²) in [4.78, 5) is 30.7. The first-order valence-corrected chi connectivity index (χ1v) is 10.4. The number of carbonyl (C=O) groups excluding carboxylic acids is 2. The van der Waals surface area contributed by atoms with Crippen LogP contribution in [0.5, 0.6) is 0 Å². The fraction of sp³-hybridized carbons (Fsp3) is 0.286. The van der Waals surface area contributed by atoms with Gasteiger partial charge in [0.15, 0.2) is 0 Å². The average Bonchev–Trinajstić information content (AvgIpc) is 3.13. The van der Waals surface area contributed by atoms with Gasteiger partial charge in [0.1, 0.15) is 0 Å². The van der Waals surface area contributed by atoms with E-state index in [1.54, 1.807) is 11.2 Å². The number of nitrogens with zero attached hydrogens (tertiary/aromatic N) is 3. The van der Waals surface area contributed by atoms with Crippen LogP contribution in [0.1, 0.15) is 24.2 Å². The smallest absolute Gasteiger partial charge is 0.319 e. The Morgan fingerprint density at radius 1 is 1.10 bits per heavy atom. The standard InChI is InChI=1S/C21H24BrN5O2/c1-3-26(4-2)20(28)15-5-10-19-18(13-15)24-14-27(19)12-11-23-21(29)25-17-8-6-16(22)7-9-17/h5-10,13-14H,3-4,11-12H2,1-2H3,(H2,23,25,29). The van der Waals surface area contributed by atoms with Crippen molar-refractivity contribution in [3.8, 4) is 0 Å². The molecule has 0 aliphatic carbocycles. The van der Waals surface area contributed by atoms with Gasteiger partial charge in [-0.25, -0.2) is 9.78 Å². The Hall–Kier alpha value is -2.87. The van der Waals surface area contributed by atoms with Crippen molar-refractivity contribution in [2.24, 2.45) is 0 Å². The summed E-state index contributed by atoms with van der Waals surface area (Å²) in [6.07, 6.45) is 1.73. The van der Waals surface area contributed by atoms with E-state index in [4.69, 9.17) is 0 Å². The number of urea groups is 1. The van der Waals surface area contributed by atoms with Gasteiger partial charge in [0.05, 0.1) is 17.4 Å². The molecule has 0 saturated heterocycles. The maximum Gasteiger partial charge on any atom is 0.319 e. The summed E-state index contributed by atoms with van der Waals surface area (Å²) in [5.74, 6) is 0.0118. The summed E-state index contributed by atoms with van der Waals surface area (Å²) in [5, 5.41) is 5.63. The number of carbonyl (C=O) groups is 2. The van der Waals surface area contributed by atoms with E-state index in [0.29, 0.717) is 31.7 Å². The van der Waals surface area contributed by atoms with Crippen LogP contribution in [-0.4, -0.2) is 46.0 Å². The first-order chi connectivity index (χ1) is 14.0. The topological polar surface area (TPSA) is 79.3 Å². The third kappa shape index (κ3) is 5.14. The van der Waals surface area contributed by atoms with Gasteiger partial charge in [-0.05, 0) is 56.3 Å². The number of nitrogens with one attached hydrogen (secondary N) is 2. The number of imidazole rings is 1. The van der Waals surface area contributed by atoms with Gasteiger partial charge in [-0.2, -0.15) is 0 Å². The number of hydrogen-bond donors (Lipinski definition) is 2. The molecule has 0 aliphatic rings. The molecule has 1 heterocycles. The molecule has 8 heteroatoms. The van der Waals surface area contributed by atoms with Crippen molar-refractivity contribution >= 4 is 44.6 Å². The van der Waals surface area contributed by atoms with Crippen molar-refractivity contribution in [3.05, 3.63) is 58.8 Å². The number of hydrogen-bond acceptors (Lipinski definition) is 3. The lowest BCUT2D eigenvalue weighted by Crippen LogP contribution is -2.31. The molecule has 0 radical (unpaired) electrons. The van der Waals surface area contributed by atoms with Crippen LogP contribution in [0.4, 0.5) is 10.5 Å². The molecule has 3 amide bonds. The minimum absolute atomic E-state index is 0.0118. The van der Waals surface area contributed by atoms with Crippen molar-refractivity contribution in [1.29, 1.82) is 0 Å². The minimum atomic E-state index is -0.260. The quantitative estimate of drug-likeness (QED) is 0.560. The van der Waals surface area contributed by atoms with Crippen LogP contribution in [0, 0.1) is 0 Å². The van der Waals surface area contributed by atoms with Crippen molar-refractivity contribution in [2.75, 3.05) is 25.0 Å². The van der Waals surface area contributed by atoms with Gasteiger partial charge in [-0.1, -0.05) is 15.9 Å². The van der Waals surface area contributed by atoms with E-state index in [1.807, 2.05) is 60.9 Å². The lowest BCUT2D eigenvalue weighted by Gasteiger charge is -2.18. The zero-order chi connectivity index (χ0) is 20.8. The third-order valence-electron chi connectivity index (χ3n) is 4.66. The number of anilines is 1. The van der Waals surface area contributed by atoms with E-state index in [0.717, 1.165) is 21.2 Å². The van der Waals surface area contributed by atoms with Crippen LogP contribution in [0.15, 0.2) is 53.3 Å². The van der Waals surface area contributed by atoms with Gasteiger partial charge < -0.3 is 20.1 Å². The molecule has 152 valence electrons. The summed E-state index contributed by atoms with van der Waals surface area (Å²) in [7, 11) is 0. The third-order valence-corrected chi connectivity index (χ3v) is 5.19. The lowest BCUT2D eigenvalue weighted by atomic mass is 10.1. The largest absolute Gasteiger partial charge is 0.339 e. The molecule has 0 unspecified atom stereocenters. The first kappa shape index (κ1) is 20.9. The van der Waals surface area contributed by atoms with E-state index in [-0.39, 0.29) is 11.9 Å². The fourth-order valence-electron chi connectivity index (χ4n) is 3.07. The Balaban J connectivity index is 1.58. The molecule has 7 nitrogen and oxygen atoms in total. The van der Waals surface area contributed by atoms with Gasteiger partial charge >= 0.3 is 6.03 Å². The summed E-state index contributed by atoms with van der Waals surface area (Å²) in [6, 6.07) is 12.7. The Bertz CT molecular complexity index is 996. The van der Waals surface area contributed by atoms with Crippen LogP contribution in [-0.2, 0) is 6.54 Å². The molecule has 1 aromatic heterocycles. The first-order valence-electron chi connectivity index (χ1n) is 9.56. The molecule has 0 saturated carbocycles. The molecule has 0 spiro atoms. The lowest BCUT2D eigenvalue weighted by molar-refractivity contribution is 0.0773. The van der Waals surface area contributed by atoms with E-state index >= 15 is 0 Å². The van der Waals surface area contributed by atoms with Crippen molar-refractivity contribution in [2.45, 2.75) is 20.4 Å². The fourth-order valence-corrected chi connectivity index (χ4v) is 3.33. The number of fused-ring (bicyclic) bond motifs is 1. The SMILES string of the molecule is CCN(CC)C(=O)c1ccc2c(c1)ncn2CCNC(=O)Nc1ccc(Br)cc1. The second kappa shape index (κ2) is 9.56. The van der Waals surface area contributed by atoms with Crippen molar-refractivity contribution in [1.82, 2.24) is 19.8 Å². The van der Waals surface area contributed by atoms with Gasteiger partial charge in [0.25, 0.3) is 5.91 Å². The zero-order valence-electron chi connectivity index (χ0n) is 16.5. The molecule has 3 rings (SSSR count). The molecule has 0 aliphatic heterocycles. The Morgan fingerprint density at radius 3 is 2.52 bits per heavy atom. The van der Waals surface area contributed by atoms with Crippen molar-refractivity contribution < 1.29 is 9.59 Å². The predicted octanol–water partition coefficient (Wildman–Crippen LogP) is 4.10. The Kier molecular flexibility index (Phi) is 6.87. The average molecular weight is 458 g/mol. The van der Waals surface area contributed by atoms with Crippen molar-refractivity contribution in [3.63, 3.8) is 0 Å². The molecule has 0 bridgehead atoms. The molecule has 0 atom stereocenters. The summed E-state index contributed by atoms with van der Waals surface area (Å²) < 4.78 is 2.92. The van der Waals surface area contributed by atoms with E-state index in [2.05, 4.69) is 31.5 Å². The van der Waals surface area contributed by atoms with Gasteiger partial charge in [0.2, 0.25) is 0 Å². The molecular formula is C21H24BrN5O2. The van der Waals surface area contributed by atoms with Crippen LogP contribution < -0.4 is 10.6 Å². The number of aromatic nitrogens is 2. The number of benzene rings is 2. The number of halogens is 1.